The van der Waals surface area contributed by atoms with E-state index >= 15 is 0 Å². The summed E-state index contributed by atoms with van der Waals surface area (Å²) in [6.45, 7) is -0.308. The first-order valence-corrected chi connectivity index (χ1v) is 5.81. The second kappa shape index (κ2) is 7.12. The second-order valence-electron chi connectivity index (χ2n) is 4.17. The molecule has 1 N–H and O–H groups in total. The van der Waals surface area contributed by atoms with Gasteiger partial charge in [0.1, 0.15) is 0 Å². The van der Waals surface area contributed by atoms with Crippen LogP contribution < -0.4 is 0 Å². The Balaban J connectivity index is 2.70. The van der Waals surface area contributed by atoms with Crippen LogP contribution in [0.25, 0.3) is 0 Å². The van der Waals surface area contributed by atoms with Crippen molar-refractivity contribution in [2.24, 2.45) is 5.92 Å². The quantitative estimate of drug-likeness (QED) is 0.863. The summed E-state index contributed by atoms with van der Waals surface area (Å²) in [7, 11) is 0. The standard InChI is InChI=1S/C13H15F3N2O/c14-13(15,16)12(8-17)10-18(6-7-19)9-11-4-2-1-3-5-11/h1-5,12,19H,6-7,9-10H2. The topological polar surface area (TPSA) is 47.3 Å². The molecule has 3 nitrogen and oxygen atoms in total. The van der Waals surface area contributed by atoms with Crippen molar-refractivity contribution >= 4 is 0 Å². The Kier molecular flexibility index (Phi) is 5.80. The molecule has 0 heterocycles. The third-order valence-electron chi connectivity index (χ3n) is 2.66. The number of nitriles is 1. The van der Waals surface area contributed by atoms with Gasteiger partial charge in [0, 0.05) is 19.6 Å². The molecule has 1 aromatic carbocycles. The summed E-state index contributed by atoms with van der Waals surface area (Å²) in [4.78, 5) is 1.43. The van der Waals surface area contributed by atoms with Crippen LogP contribution in [0.5, 0.6) is 0 Å². The Bertz CT molecular complexity index is 414. The van der Waals surface area contributed by atoms with Crippen molar-refractivity contribution in [3.63, 3.8) is 0 Å². The molecule has 104 valence electrons. The number of rotatable bonds is 6. The van der Waals surface area contributed by atoms with Gasteiger partial charge in [-0.3, -0.25) is 4.90 Å². The predicted molar refractivity (Wildman–Crippen MR) is 64.0 cm³/mol. The highest BCUT2D eigenvalue weighted by atomic mass is 19.4. The van der Waals surface area contributed by atoms with E-state index in [2.05, 4.69) is 0 Å². The lowest BCUT2D eigenvalue weighted by Crippen LogP contribution is -2.37. The minimum absolute atomic E-state index is 0.100. The van der Waals surface area contributed by atoms with Gasteiger partial charge in [0.05, 0.1) is 12.7 Å². The van der Waals surface area contributed by atoms with Crippen LogP contribution in [0.3, 0.4) is 0 Å². The van der Waals surface area contributed by atoms with Gasteiger partial charge >= 0.3 is 6.18 Å². The zero-order valence-electron chi connectivity index (χ0n) is 10.3. The van der Waals surface area contributed by atoms with Gasteiger partial charge in [-0.05, 0) is 5.56 Å². The monoisotopic (exact) mass is 272 g/mol. The number of nitrogens with zero attached hydrogens (tertiary/aromatic N) is 2. The maximum absolute atomic E-state index is 12.5. The molecule has 1 aromatic rings. The van der Waals surface area contributed by atoms with Crippen molar-refractivity contribution in [2.75, 3.05) is 19.7 Å². The fourth-order valence-electron chi connectivity index (χ4n) is 1.69. The Labute approximate surface area is 109 Å². The van der Waals surface area contributed by atoms with Gasteiger partial charge in [0.2, 0.25) is 0 Å². The maximum Gasteiger partial charge on any atom is 0.405 e. The van der Waals surface area contributed by atoms with Crippen molar-refractivity contribution in [3.8, 4) is 6.07 Å². The van der Waals surface area contributed by atoms with Crippen molar-refractivity contribution in [3.05, 3.63) is 35.9 Å². The summed E-state index contributed by atoms with van der Waals surface area (Å²) < 4.78 is 37.6. The van der Waals surface area contributed by atoms with E-state index in [9.17, 15) is 13.2 Å². The lowest BCUT2D eigenvalue weighted by molar-refractivity contribution is -0.163. The fraction of sp³-hybridized carbons (Fsp3) is 0.462. The van der Waals surface area contributed by atoms with Crippen LogP contribution in [0.4, 0.5) is 13.2 Å². The summed E-state index contributed by atoms with van der Waals surface area (Å²) in [5, 5.41) is 17.5. The number of halogens is 3. The van der Waals surface area contributed by atoms with E-state index in [-0.39, 0.29) is 19.7 Å². The number of benzene rings is 1. The molecule has 0 aliphatic heterocycles. The van der Waals surface area contributed by atoms with Crippen LogP contribution in [0.15, 0.2) is 30.3 Å². The van der Waals surface area contributed by atoms with E-state index in [1.54, 1.807) is 24.3 Å². The van der Waals surface area contributed by atoms with Crippen LogP contribution in [0, 0.1) is 17.2 Å². The summed E-state index contributed by atoms with van der Waals surface area (Å²) in [5.74, 6) is -2.04. The van der Waals surface area contributed by atoms with Gasteiger partial charge in [0.15, 0.2) is 5.92 Å². The second-order valence-corrected chi connectivity index (χ2v) is 4.17. The fourth-order valence-corrected chi connectivity index (χ4v) is 1.69. The molecule has 0 saturated carbocycles. The molecular weight excluding hydrogens is 257 g/mol. The molecule has 0 aliphatic rings. The molecule has 0 amide bonds. The van der Waals surface area contributed by atoms with Gasteiger partial charge in [0.25, 0.3) is 0 Å². The SMILES string of the molecule is N#CC(CN(CCO)Cc1ccccc1)C(F)(F)F. The first-order valence-electron chi connectivity index (χ1n) is 5.81. The number of aliphatic hydroxyl groups excluding tert-OH is 1. The lowest BCUT2D eigenvalue weighted by atomic mass is 10.1. The molecule has 0 fully saturated rings. The molecule has 0 aliphatic carbocycles. The first-order chi connectivity index (χ1) is 8.97. The van der Waals surface area contributed by atoms with Crippen LogP contribution >= 0.6 is 0 Å². The molecule has 1 rings (SSSR count). The Morgan fingerprint density at radius 2 is 1.89 bits per heavy atom. The molecule has 0 bridgehead atoms. The smallest absolute Gasteiger partial charge is 0.395 e. The zero-order valence-corrected chi connectivity index (χ0v) is 10.3. The summed E-state index contributed by atoms with van der Waals surface area (Å²) >= 11 is 0. The Morgan fingerprint density at radius 1 is 1.26 bits per heavy atom. The molecular formula is C13H15F3N2O. The summed E-state index contributed by atoms with van der Waals surface area (Å²) in [6.07, 6.45) is -4.54. The van der Waals surface area contributed by atoms with E-state index in [1.807, 2.05) is 6.07 Å². The van der Waals surface area contributed by atoms with Gasteiger partial charge in [-0.15, -0.1) is 0 Å². The average molecular weight is 272 g/mol. The van der Waals surface area contributed by atoms with E-state index < -0.39 is 18.6 Å². The Morgan fingerprint density at radius 3 is 2.37 bits per heavy atom. The number of hydrogen-bond acceptors (Lipinski definition) is 3. The highest BCUT2D eigenvalue weighted by molar-refractivity contribution is 5.14. The van der Waals surface area contributed by atoms with Gasteiger partial charge in [-0.2, -0.15) is 18.4 Å². The molecule has 19 heavy (non-hydrogen) atoms. The Hall–Kier alpha value is -1.58. The predicted octanol–water partition coefficient (Wildman–Crippen LogP) is 2.18. The van der Waals surface area contributed by atoms with Crippen LogP contribution in [-0.4, -0.2) is 35.9 Å². The first kappa shape index (κ1) is 15.5. The third kappa shape index (κ3) is 5.28. The molecule has 0 radical (unpaired) electrons. The van der Waals surface area contributed by atoms with Crippen LogP contribution in [0.1, 0.15) is 5.56 Å². The third-order valence-corrected chi connectivity index (χ3v) is 2.66. The van der Waals surface area contributed by atoms with Crippen molar-refractivity contribution in [1.82, 2.24) is 4.90 Å². The van der Waals surface area contributed by atoms with Crippen molar-refractivity contribution in [1.29, 1.82) is 5.26 Å². The zero-order chi connectivity index (χ0) is 14.3. The molecule has 1 atom stereocenters. The highest BCUT2D eigenvalue weighted by Gasteiger charge is 2.40. The van der Waals surface area contributed by atoms with E-state index in [0.717, 1.165) is 5.56 Å². The summed E-state index contributed by atoms with van der Waals surface area (Å²) in [5.41, 5.74) is 0.842. The number of hydrogen-bond donors (Lipinski definition) is 1. The summed E-state index contributed by atoms with van der Waals surface area (Å²) in [6, 6.07) is 10.2. The number of aliphatic hydroxyl groups is 1. The van der Waals surface area contributed by atoms with Gasteiger partial charge in [-0.25, -0.2) is 0 Å². The van der Waals surface area contributed by atoms with Crippen molar-refractivity contribution in [2.45, 2.75) is 12.7 Å². The van der Waals surface area contributed by atoms with Crippen LogP contribution in [0.2, 0.25) is 0 Å². The number of alkyl halides is 3. The molecule has 0 aromatic heterocycles. The maximum atomic E-state index is 12.5. The lowest BCUT2D eigenvalue weighted by Gasteiger charge is -2.24. The largest absolute Gasteiger partial charge is 0.405 e. The minimum atomic E-state index is -4.54. The van der Waals surface area contributed by atoms with E-state index in [1.165, 1.54) is 11.0 Å². The molecule has 0 saturated heterocycles. The van der Waals surface area contributed by atoms with Crippen molar-refractivity contribution < 1.29 is 18.3 Å². The van der Waals surface area contributed by atoms with Gasteiger partial charge < -0.3 is 5.11 Å². The van der Waals surface area contributed by atoms with Crippen LogP contribution in [-0.2, 0) is 6.54 Å². The normalized spacial score (nSPS) is 13.3. The molecule has 6 heteroatoms. The minimum Gasteiger partial charge on any atom is -0.395 e. The highest BCUT2D eigenvalue weighted by Crippen LogP contribution is 2.26. The van der Waals surface area contributed by atoms with E-state index in [0.29, 0.717) is 0 Å². The molecule has 0 spiro atoms. The molecule has 1 unspecified atom stereocenters. The average Bonchev–Trinajstić information content (AvgIpc) is 2.35. The van der Waals surface area contributed by atoms with Gasteiger partial charge in [-0.1, -0.05) is 30.3 Å². The van der Waals surface area contributed by atoms with E-state index in [4.69, 9.17) is 10.4 Å².